The van der Waals surface area contributed by atoms with E-state index >= 15 is 0 Å². The van der Waals surface area contributed by atoms with Crippen LogP contribution in [0.4, 0.5) is 0 Å². The zero-order valence-corrected chi connectivity index (χ0v) is 44.2. The highest BCUT2D eigenvalue weighted by Gasteiger charge is 2.51. The van der Waals surface area contributed by atoms with Crippen LogP contribution < -0.4 is 0 Å². The van der Waals surface area contributed by atoms with Gasteiger partial charge in [-0.25, -0.2) is 4.57 Å². The van der Waals surface area contributed by atoms with Gasteiger partial charge in [0.05, 0.1) is 13.2 Å². The molecule has 1 rings (SSSR count). The molecular formula is C57H97O12P. The van der Waals surface area contributed by atoms with Crippen molar-refractivity contribution in [3.63, 3.8) is 0 Å². The minimum Gasteiger partial charge on any atom is -0.457 e. The molecule has 0 spiro atoms. The number of esters is 1. The van der Waals surface area contributed by atoms with Crippen LogP contribution >= 0.6 is 7.82 Å². The Hall–Kier alpha value is -2.74. The standard InChI is InChI=1S/C57H97O12P/c1-3-5-7-9-11-13-15-17-19-21-23-25-26-27-28-30-32-34-36-38-40-42-44-46-51(58)68-50(49-67-70(64,65)69-57-55(62)53(60)52(59)54(61)56(57)63)48-66-47-45-43-41-39-37-35-33-31-29-24-22-20-18-16-14-12-10-8-6-4-2/h6,8,12,14-15,17-18,20-21,23-24,26-27,29,33,35,50,52-57,59-63H,3-5,7,9-11,13,16,19,22,25,28,30-32,34,36-49H2,1-2H3,(H,64,65)/b8-6-,14-12-,17-15-,20-18-,23-21-,27-26-,29-24-,35-33-. The van der Waals surface area contributed by atoms with Gasteiger partial charge < -0.3 is 39.9 Å². The number of carbonyl (C=O) groups is 1. The lowest BCUT2D eigenvalue weighted by Gasteiger charge is -2.41. The second-order valence-electron chi connectivity index (χ2n) is 18.3. The fraction of sp³-hybridized carbons (Fsp3) is 0.702. The molecule has 402 valence electrons. The molecule has 1 saturated carbocycles. The summed E-state index contributed by atoms with van der Waals surface area (Å²) < 4.78 is 34.3. The lowest BCUT2D eigenvalue weighted by molar-refractivity contribution is -0.220. The normalized spacial score (nSPS) is 21.7. The number of carbonyl (C=O) groups excluding carboxylic acids is 1. The number of rotatable bonds is 45. The van der Waals surface area contributed by atoms with Crippen molar-refractivity contribution in [2.45, 2.75) is 236 Å². The van der Waals surface area contributed by atoms with Crippen molar-refractivity contribution >= 4 is 13.8 Å². The number of aliphatic hydroxyl groups excluding tert-OH is 5. The van der Waals surface area contributed by atoms with Crippen LogP contribution in [0.2, 0.25) is 0 Å². The highest BCUT2D eigenvalue weighted by Crippen LogP contribution is 2.47. The maximum absolute atomic E-state index is 12.9. The number of hydrogen-bond acceptors (Lipinski definition) is 11. The number of phosphoric acid groups is 1. The number of hydrogen-bond donors (Lipinski definition) is 6. The van der Waals surface area contributed by atoms with Crippen molar-refractivity contribution in [2.75, 3.05) is 19.8 Å². The second-order valence-corrected chi connectivity index (χ2v) is 19.7. The second kappa shape index (κ2) is 46.1. The van der Waals surface area contributed by atoms with Crippen molar-refractivity contribution in [3.8, 4) is 0 Å². The Labute approximate surface area is 424 Å². The number of phosphoric ester groups is 1. The number of aliphatic hydroxyl groups is 5. The Morgan fingerprint density at radius 3 is 1.29 bits per heavy atom. The summed E-state index contributed by atoms with van der Waals surface area (Å²) >= 11 is 0. The molecule has 0 aliphatic heterocycles. The van der Waals surface area contributed by atoms with Gasteiger partial charge in [-0.1, -0.05) is 188 Å². The molecule has 70 heavy (non-hydrogen) atoms. The summed E-state index contributed by atoms with van der Waals surface area (Å²) in [5.74, 6) is -0.497. The summed E-state index contributed by atoms with van der Waals surface area (Å²) in [5.41, 5.74) is 0. The molecule has 0 amide bonds. The largest absolute Gasteiger partial charge is 0.472 e. The van der Waals surface area contributed by atoms with E-state index in [2.05, 4.69) is 111 Å². The van der Waals surface area contributed by atoms with E-state index in [1.165, 1.54) is 57.8 Å². The topological polar surface area (TPSA) is 192 Å². The molecule has 1 aliphatic rings. The first-order valence-corrected chi connectivity index (χ1v) is 28.6. The van der Waals surface area contributed by atoms with Crippen LogP contribution in [0.15, 0.2) is 97.2 Å². The molecule has 0 radical (unpaired) electrons. The predicted molar refractivity (Wildman–Crippen MR) is 285 cm³/mol. The number of unbranched alkanes of at least 4 members (excludes halogenated alkanes) is 17. The molecule has 6 N–H and O–H groups in total. The van der Waals surface area contributed by atoms with Crippen LogP contribution in [0.5, 0.6) is 0 Å². The number of ether oxygens (including phenoxy) is 2. The Balaban J connectivity index is 2.36. The van der Waals surface area contributed by atoms with Gasteiger partial charge in [0.2, 0.25) is 0 Å². The van der Waals surface area contributed by atoms with Crippen LogP contribution in [0.1, 0.15) is 194 Å². The molecule has 0 aromatic rings. The van der Waals surface area contributed by atoms with Crippen molar-refractivity contribution < 1.29 is 58.3 Å². The first kappa shape index (κ1) is 65.3. The Morgan fingerprint density at radius 1 is 0.471 bits per heavy atom. The van der Waals surface area contributed by atoms with E-state index in [0.29, 0.717) is 13.0 Å². The third-order valence-corrected chi connectivity index (χ3v) is 12.9. The van der Waals surface area contributed by atoms with Crippen LogP contribution in [0.3, 0.4) is 0 Å². The molecule has 0 bridgehead atoms. The molecule has 6 atom stereocenters. The van der Waals surface area contributed by atoms with Gasteiger partial charge in [0, 0.05) is 13.0 Å². The third kappa shape index (κ3) is 37.1. The van der Waals surface area contributed by atoms with E-state index < -0.39 is 63.1 Å². The van der Waals surface area contributed by atoms with Gasteiger partial charge in [-0.2, -0.15) is 0 Å². The molecule has 0 aromatic heterocycles. The van der Waals surface area contributed by atoms with Crippen LogP contribution in [0.25, 0.3) is 0 Å². The highest BCUT2D eigenvalue weighted by atomic mass is 31.2. The molecule has 0 aromatic carbocycles. The smallest absolute Gasteiger partial charge is 0.457 e. The fourth-order valence-corrected chi connectivity index (χ4v) is 8.66. The van der Waals surface area contributed by atoms with Crippen LogP contribution in [-0.4, -0.2) is 98.9 Å². The van der Waals surface area contributed by atoms with E-state index in [9.17, 15) is 39.8 Å². The van der Waals surface area contributed by atoms with Gasteiger partial charge in [0.25, 0.3) is 0 Å². The molecule has 0 saturated heterocycles. The van der Waals surface area contributed by atoms with Crippen molar-refractivity contribution in [3.05, 3.63) is 97.2 Å². The van der Waals surface area contributed by atoms with Gasteiger partial charge >= 0.3 is 13.8 Å². The van der Waals surface area contributed by atoms with Crippen molar-refractivity contribution in [1.29, 1.82) is 0 Å². The Kier molecular flexibility index (Phi) is 43.0. The summed E-state index contributed by atoms with van der Waals surface area (Å²) in [6.45, 7) is 4.07. The zero-order chi connectivity index (χ0) is 51.2. The van der Waals surface area contributed by atoms with E-state index in [1.807, 2.05) is 0 Å². The lowest BCUT2D eigenvalue weighted by Crippen LogP contribution is -2.64. The summed E-state index contributed by atoms with van der Waals surface area (Å²) in [4.78, 5) is 23.3. The van der Waals surface area contributed by atoms with Gasteiger partial charge in [0.1, 0.15) is 42.7 Å². The summed E-state index contributed by atoms with van der Waals surface area (Å²) in [5, 5.41) is 50.4. The van der Waals surface area contributed by atoms with Gasteiger partial charge in [-0.05, 0) is 96.3 Å². The summed E-state index contributed by atoms with van der Waals surface area (Å²) in [6.07, 6.45) is 51.8. The average molecular weight is 1010 g/mol. The third-order valence-electron chi connectivity index (χ3n) is 11.9. The van der Waals surface area contributed by atoms with Gasteiger partial charge in [-0.15, -0.1) is 0 Å². The maximum atomic E-state index is 12.9. The van der Waals surface area contributed by atoms with E-state index in [1.54, 1.807) is 0 Å². The molecular weight excluding hydrogens is 908 g/mol. The Morgan fingerprint density at radius 2 is 0.843 bits per heavy atom. The van der Waals surface area contributed by atoms with Crippen molar-refractivity contribution in [2.24, 2.45) is 0 Å². The Bertz CT molecular complexity index is 1520. The first-order chi connectivity index (χ1) is 34.0. The fourth-order valence-electron chi connectivity index (χ4n) is 7.68. The van der Waals surface area contributed by atoms with Crippen LogP contribution in [-0.2, 0) is 27.9 Å². The van der Waals surface area contributed by atoms with Gasteiger partial charge in [0.15, 0.2) is 0 Å². The molecule has 1 aliphatic carbocycles. The molecule has 1 fully saturated rings. The molecule has 0 heterocycles. The minimum atomic E-state index is -5.04. The van der Waals surface area contributed by atoms with E-state index in [4.69, 9.17) is 18.5 Å². The monoisotopic (exact) mass is 1000 g/mol. The quantitative estimate of drug-likeness (QED) is 0.0147. The maximum Gasteiger partial charge on any atom is 0.472 e. The first-order valence-electron chi connectivity index (χ1n) is 27.1. The van der Waals surface area contributed by atoms with Crippen LogP contribution in [0, 0.1) is 0 Å². The minimum absolute atomic E-state index is 0.103. The zero-order valence-electron chi connectivity index (χ0n) is 43.3. The number of allylic oxidation sites excluding steroid dienone is 16. The SMILES string of the molecule is CC/C=C\C/C=C\C/C=C\C/C=C\C/C=C\CCCCCCOCC(COP(=O)(O)OC1C(O)C(O)C(O)C(O)C1O)OC(=O)CCCCCCCCCC/C=C\C/C=C\C/C=C\CCCCCCC. The predicted octanol–water partition coefficient (Wildman–Crippen LogP) is 12.6. The van der Waals surface area contributed by atoms with Crippen molar-refractivity contribution in [1.82, 2.24) is 0 Å². The molecule has 13 heteroatoms. The van der Waals surface area contributed by atoms with E-state index in [0.717, 1.165) is 109 Å². The summed E-state index contributed by atoms with van der Waals surface area (Å²) in [6, 6.07) is 0. The van der Waals surface area contributed by atoms with E-state index in [-0.39, 0.29) is 13.0 Å². The average Bonchev–Trinajstić information content (AvgIpc) is 3.35. The summed E-state index contributed by atoms with van der Waals surface area (Å²) in [7, 11) is -5.04. The van der Waals surface area contributed by atoms with Gasteiger partial charge in [-0.3, -0.25) is 13.8 Å². The molecule has 6 unspecified atom stereocenters. The lowest BCUT2D eigenvalue weighted by atomic mass is 9.85. The molecule has 12 nitrogen and oxygen atoms in total. The highest BCUT2D eigenvalue weighted by molar-refractivity contribution is 7.47.